The van der Waals surface area contributed by atoms with Gasteiger partial charge in [0.05, 0.1) is 19.1 Å². The van der Waals surface area contributed by atoms with Crippen molar-refractivity contribution in [1.82, 2.24) is 0 Å². The molecule has 0 rings (SSSR count). The predicted octanol–water partition coefficient (Wildman–Crippen LogP) is 12.6. The highest BCUT2D eigenvalue weighted by Crippen LogP contribution is 2.48. The van der Waals surface area contributed by atoms with Crippen molar-refractivity contribution >= 4 is 19.8 Å². The Morgan fingerprint density at radius 3 is 1.57 bits per heavy atom. The van der Waals surface area contributed by atoms with Crippen LogP contribution in [0.3, 0.4) is 0 Å². The fourth-order valence-corrected chi connectivity index (χ4v) is 6.68. The molecular formula is C40H77O8P. The topological polar surface area (TPSA) is 97.4 Å². The number of ether oxygens (including phenoxy) is 2. The number of carbonyl (C=O) groups excluding carboxylic acids is 2. The lowest BCUT2D eigenvalue weighted by Crippen LogP contribution is -2.30. The molecule has 3 unspecified atom stereocenters. The van der Waals surface area contributed by atoms with Crippen molar-refractivity contribution in [2.75, 3.05) is 26.9 Å². The molecule has 0 aromatic heterocycles. The van der Waals surface area contributed by atoms with Crippen LogP contribution in [0.1, 0.15) is 195 Å². The molecule has 9 heteroatoms. The summed E-state index contributed by atoms with van der Waals surface area (Å²) in [5.41, 5.74) is 0. The Morgan fingerprint density at radius 1 is 0.612 bits per heavy atom. The van der Waals surface area contributed by atoms with Gasteiger partial charge < -0.3 is 9.47 Å². The van der Waals surface area contributed by atoms with Gasteiger partial charge in [0.15, 0.2) is 6.10 Å². The number of unbranched alkanes of at least 4 members (excludes halogenated alkanes) is 21. The Hall–Kier alpha value is -1.21. The lowest BCUT2D eigenvalue weighted by molar-refractivity contribution is -0.163. The van der Waals surface area contributed by atoms with E-state index < -0.39 is 13.9 Å². The highest BCUT2D eigenvalue weighted by molar-refractivity contribution is 7.48. The third-order valence-corrected chi connectivity index (χ3v) is 10.4. The van der Waals surface area contributed by atoms with Crippen LogP contribution >= 0.6 is 7.82 Å². The molecule has 0 aliphatic heterocycles. The van der Waals surface area contributed by atoms with Gasteiger partial charge in [0.25, 0.3) is 0 Å². The molecule has 0 amide bonds. The Morgan fingerprint density at radius 2 is 1.08 bits per heavy atom. The molecule has 0 aliphatic carbocycles. The predicted molar refractivity (Wildman–Crippen MR) is 203 cm³/mol. The van der Waals surface area contributed by atoms with Gasteiger partial charge in [-0.3, -0.25) is 23.2 Å². The maximum atomic E-state index is 12.7. The number of carbonyl (C=O) groups is 2. The van der Waals surface area contributed by atoms with Crippen molar-refractivity contribution in [3.8, 4) is 0 Å². The van der Waals surface area contributed by atoms with Gasteiger partial charge >= 0.3 is 19.8 Å². The highest BCUT2D eigenvalue weighted by Gasteiger charge is 2.28. The lowest BCUT2D eigenvalue weighted by atomic mass is 10.0. The lowest BCUT2D eigenvalue weighted by Gasteiger charge is -2.21. The Bertz CT molecular complexity index is 833. The summed E-state index contributed by atoms with van der Waals surface area (Å²) < 4.78 is 39.2. The minimum absolute atomic E-state index is 0.136. The first-order valence-electron chi connectivity index (χ1n) is 20.3. The summed E-state index contributed by atoms with van der Waals surface area (Å²) in [5.74, 6) is -0.967. The van der Waals surface area contributed by atoms with E-state index in [-0.39, 0.29) is 44.1 Å². The Labute approximate surface area is 302 Å². The fourth-order valence-electron chi connectivity index (χ4n) is 5.73. The molecule has 0 spiro atoms. The van der Waals surface area contributed by atoms with Gasteiger partial charge in [-0.05, 0) is 45.4 Å². The SMILES string of the molecule is CCCCCCCC/C=C/CCCCCCCC(=O)OC(COC(=O)C(C)CCCCCCCCCCCCC)COP(=O)(OC)OCC. The van der Waals surface area contributed by atoms with Gasteiger partial charge in [0.2, 0.25) is 0 Å². The van der Waals surface area contributed by atoms with Crippen LogP contribution in [0.4, 0.5) is 0 Å². The van der Waals surface area contributed by atoms with Crippen LogP contribution in [-0.2, 0) is 37.2 Å². The van der Waals surface area contributed by atoms with Crippen LogP contribution in [0, 0.1) is 5.92 Å². The van der Waals surface area contributed by atoms with E-state index >= 15 is 0 Å². The molecule has 0 saturated heterocycles. The smallest absolute Gasteiger partial charge is 0.461 e. The zero-order valence-electron chi connectivity index (χ0n) is 32.5. The van der Waals surface area contributed by atoms with Gasteiger partial charge in [0, 0.05) is 13.5 Å². The number of esters is 2. The summed E-state index contributed by atoms with van der Waals surface area (Å²) in [6.07, 6.45) is 34.0. The van der Waals surface area contributed by atoms with Gasteiger partial charge in [-0.1, -0.05) is 155 Å². The van der Waals surface area contributed by atoms with Crippen LogP contribution in [0.5, 0.6) is 0 Å². The molecule has 8 nitrogen and oxygen atoms in total. The first kappa shape index (κ1) is 47.8. The average Bonchev–Trinajstić information content (AvgIpc) is 3.09. The van der Waals surface area contributed by atoms with E-state index in [2.05, 4.69) is 26.0 Å². The zero-order valence-corrected chi connectivity index (χ0v) is 33.4. The molecule has 0 aromatic rings. The van der Waals surface area contributed by atoms with Crippen molar-refractivity contribution in [3.05, 3.63) is 12.2 Å². The molecule has 0 aliphatic rings. The molecule has 290 valence electrons. The second kappa shape index (κ2) is 35.2. The monoisotopic (exact) mass is 717 g/mol. The second-order valence-electron chi connectivity index (χ2n) is 13.6. The van der Waals surface area contributed by atoms with E-state index in [0.29, 0.717) is 0 Å². The third-order valence-electron chi connectivity index (χ3n) is 8.92. The maximum absolute atomic E-state index is 12.7. The molecule has 49 heavy (non-hydrogen) atoms. The normalized spacial score (nSPS) is 14.1. The van der Waals surface area contributed by atoms with E-state index in [9.17, 15) is 14.2 Å². The van der Waals surface area contributed by atoms with Crippen LogP contribution in [0.2, 0.25) is 0 Å². The van der Waals surface area contributed by atoms with Crippen molar-refractivity contribution in [2.45, 2.75) is 201 Å². The molecule has 0 bridgehead atoms. The van der Waals surface area contributed by atoms with Crippen molar-refractivity contribution < 1.29 is 37.2 Å². The number of allylic oxidation sites excluding steroid dienone is 2. The molecule has 0 heterocycles. The number of phosphoric ester groups is 1. The first-order chi connectivity index (χ1) is 23.8. The number of phosphoric acid groups is 1. The van der Waals surface area contributed by atoms with Gasteiger partial charge in [0.1, 0.15) is 6.61 Å². The van der Waals surface area contributed by atoms with E-state index in [0.717, 1.165) is 51.4 Å². The molecule has 0 N–H and O–H groups in total. The van der Waals surface area contributed by atoms with E-state index in [1.807, 2.05) is 6.92 Å². The zero-order chi connectivity index (χ0) is 36.3. The van der Waals surface area contributed by atoms with E-state index in [1.54, 1.807) is 6.92 Å². The summed E-state index contributed by atoms with van der Waals surface area (Å²) in [5, 5.41) is 0. The molecule has 0 aromatic carbocycles. The molecule has 3 atom stereocenters. The van der Waals surface area contributed by atoms with Gasteiger partial charge in [-0.2, -0.15) is 0 Å². The van der Waals surface area contributed by atoms with Crippen LogP contribution < -0.4 is 0 Å². The van der Waals surface area contributed by atoms with E-state index in [4.69, 9.17) is 23.0 Å². The summed E-state index contributed by atoms with van der Waals surface area (Å²) in [6.45, 7) is 7.76. The summed E-state index contributed by atoms with van der Waals surface area (Å²) in [7, 11) is -2.55. The highest BCUT2D eigenvalue weighted by atomic mass is 31.2. The fraction of sp³-hybridized carbons (Fsp3) is 0.900. The first-order valence-corrected chi connectivity index (χ1v) is 21.7. The third kappa shape index (κ3) is 31.3. The number of hydrogen-bond acceptors (Lipinski definition) is 8. The maximum Gasteiger partial charge on any atom is 0.474 e. The largest absolute Gasteiger partial charge is 0.474 e. The minimum atomic E-state index is -3.79. The molecule has 0 radical (unpaired) electrons. The second-order valence-corrected chi connectivity index (χ2v) is 15.4. The summed E-state index contributed by atoms with van der Waals surface area (Å²) >= 11 is 0. The average molecular weight is 717 g/mol. The van der Waals surface area contributed by atoms with Gasteiger partial charge in [-0.15, -0.1) is 0 Å². The number of rotatable bonds is 37. The van der Waals surface area contributed by atoms with Crippen molar-refractivity contribution in [3.63, 3.8) is 0 Å². The van der Waals surface area contributed by atoms with Crippen molar-refractivity contribution in [1.29, 1.82) is 0 Å². The standard InChI is InChI=1S/C40H77O8P/c1-6-9-11-13-15-17-19-20-21-22-24-26-28-30-32-34-39(41)48-38(36-47-49(43,44-5)46-8-3)35-45-40(42)37(4)33-31-29-27-25-23-18-16-14-12-10-7-2/h20-21,37-38H,6-19,22-36H2,1-5H3/b21-20+. The van der Waals surface area contributed by atoms with Crippen LogP contribution in [0.15, 0.2) is 12.2 Å². The van der Waals surface area contributed by atoms with E-state index in [1.165, 1.54) is 116 Å². The summed E-state index contributed by atoms with van der Waals surface area (Å²) in [6, 6.07) is 0. The molecule has 0 fully saturated rings. The van der Waals surface area contributed by atoms with Crippen LogP contribution in [-0.4, -0.2) is 45.0 Å². The molecule has 0 saturated carbocycles. The van der Waals surface area contributed by atoms with Gasteiger partial charge in [-0.25, -0.2) is 4.57 Å². The van der Waals surface area contributed by atoms with Crippen LogP contribution in [0.25, 0.3) is 0 Å². The Balaban J connectivity index is 4.36. The summed E-state index contributed by atoms with van der Waals surface area (Å²) in [4.78, 5) is 25.4. The minimum Gasteiger partial charge on any atom is -0.461 e. The quantitative estimate of drug-likeness (QED) is 0.0271. The number of hydrogen-bond donors (Lipinski definition) is 0. The Kier molecular flexibility index (Phi) is 34.3. The van der Waals surface area contributed by atoms with Crippen molar-refractivity contribution in [2.24, 2.45) is 5.92 Å². The molecular weight excluding hydrogens is 639 g/mol.